The number of aryl methyl sites for hydroxylation is 3. The second kappa shape index (κ2) is 7.84. The number of unbranched alkanes of at least 4 members (excludes halogenated alkanes) is 1. The molecule has 0 aliphatic rings. The Balaban J connectivity index is 1.87. The van der Waals surface area contributed by atoms with Gasteiger partial charge in [-0.15, -0.1) is 0 Å². The summed E-state index contributed by atoms with van der Waals surface area (Å²) >= 11 is 0. The van der Waals surface area contributed by atoms with Crippen molar-refractivity contribution in [2.45, 2.75) is 52.4 Å². The first-order valence-corrected chi connectivity index (χ1v) is 7.77. The number of nitrogens with zero attached hydrogens (tertiary/aromatic N) is 1. The van der Waals surface area contributed by atoms with E-state index in [1.165, 1.54) is 54.4 Å². The summed E-state index contributed by atoms with van der Waals surface area (Å²) in [5.41, 5.74) is 5.80. The van der Waals surface area contributed by atoms with Crippen LogP contribution in [0.15, 0.2) is 42.7 Å². The van der Waals surface area contributed by atoms with Crippen molar-refractivity contribution in [3.8, 4) is 0 Å². The van der Waals surface area contributed by atoms with Gasteiger partial charge in [-0.3, -0.25) is 4.98 Å². The van der Waals surface area contributed by atoms with Crippen LogP contribution >= 0.6 is 0 Å². The highest BCUT2D eigenvalue weighted by molar-refractivity contribution is 5.31. The van der Waals surface area contributed by atoms with E-state index in [1.54, 1.807) is 0 Å². The molecule has 0 saturated heterocycles. The third-order valence-electron chi connectivity index (χ3n) is 3.87. The zero-order valence-corrected chi connectivity index (χ0v) is 12.7. The zero-order valence-electron chi connectivity index (χ0n) is 12.7. The molecular formula is C19H25N. The lowest BCUT2D eigenvalue weighted by Crippen LogP contribution is -2.00. The normalized spacial score (nSPS) is 10.7. The van der Waals surface area contributed by atoms with Gasteiger partial charge >= 0.3 is 0 Å². The molecule has 0 spiro atoms. The molecule has 0 aliphatic heterocycles. The summed E-state index contributed by atoms with van der Waals surface area (Å²) in [4.78, 5) is 4.34. The van der Waals surface area contributed by atoms with Crippen molar-refractivity contribution in [2.75, 3.05) is 0 Å². The van der Waals surface area contributed by atoms with E-state index in [-0.39, 0.29) is 0 Å². The lowest BCUT2D eigenvalue weighted by atomic mass is 9.96. The molecule has 0 amide bonds. The largest absolute Gasteiger partial charge is 0.264 e. The molecule has 0 N–H and O–H groups in total. The van der Waals surface area contributed by atoms with Crippen molar-refractivity contribution in [1.29, 1.82) is 0 Å². The molecule has 0 fully saturated rings. The molecular weight excluding hydrogens is 242 g/mol. The number of pyridine rings is 1. The molecule has 1 nitrogen and oxygen atoms in total. The van der Waals surface area contributed by atoms with E-state index in [0.717, 1.165) is 6.42 Å². The highest BCUT2D eigenvalue weighted by atomic mass is 14.6. The SMILES string of the molecule is CCCc1cncc(C)c1CCCCc1ccccc1. The van der Waals surface area contributed by atoms with E-state index < -0.39 is 0 Å². The van der Waals surface area contributed by atoms with E-state index in [2.05, 4.69) is 55.4 Å². The summed E-state index contributed by atoms with van der Waals surface area (Å²) in [5, 5.41) is 0. The van der Waals surface area contributed by atoms with Gasteiger partial charge in [0.05, 0.1) is 0 Å². The van der Waals surface area contributed by atoms with Crippen LogP contribution in [0.25, 0.3) is 0 Å². The Morgan fingerprint density at radius 2 is 1.65 bits per heavy atom. The van der Waals surface area contributed by atoms with Crippen LogP contribution < -0.4 is 0 Å². The van der Waals surface area contributed by atoms with Gasteiger partial charge in [-0.05, 0) is 61.3 Å². The maximum Gasteiger partial charge on any atom is 0.0302 e. The molecule has 1 heteroatoms. The predicted octanol–water partition coefficient (Wildman–Crippen LogP) is 4.91. The van der Waals surface area contributed by atoms with Crippen LogP contribution in [-0.2, 0) is 19.3 Å². The van der Waals surface area contributed by atoms with Gasteiger partial charge in [0.1, 0.15) is 0 Å². The second-order valence-electron chi connectivity index (χ2n) is 5.54. The third-order valence-corrected chi connectivity index (χ3v) is 3.87. The summed E-state index contributed by atoms with van der Waals surface area (Å²) in [6, 6.07) is 10.8. The zero-order chi connectivity index (χ0) is 14.2. The average molecular weight is 267 g/mol. The topological polar surface area (TPSA) is 12.9 Å². The van der Waals surface area contributed by atoms with E-state index in [1.807, 2.05) is 6.20 Å². The van der Waals surface area contributed by atoms with Gasteiger partial charge in [-0.2, -0.15) is 0 Å². The minimum Gasteiger partial charge on any atom is -0.264 e. The molecule has 2 aromatic rings. The molecule has 0 aliphatic carbocycles. The lowest BCUT2D eigenvalue weighted by Gasteiger charge is -2.11. The number of aromatic nitrogens is 1. The fraction of sp³-hybridized carbons (Fsp3) is 0.421. The van der Waals surface area contributed by atoms with Crippen LogP contribution in [0.3, 0.4) is 0 Å². The smallest absolute Gasteiger partial charge is 0.0302 e. The molecule has 0 radical (unpaired) electrons. The van der Waals surface area contributed by atoms with Gasteiger partial charge in [-0.1, -0.05) is 43.7 Å². The number of hydrogen-bond acceptors (Lipinski definition) is 1. The Kier molecular flexibility index (Phi) is 5.79. The molecule has 0 atom stereocenters. The first-order valence-electron chi connectivity index (χ1n) is 7.77. The maximum atomic E-state index is 4.34. The Labute approximate surface area is 123 Å². The lowest BCUT2D eigenvalue weighted by molar-refractivity contribution is 0.723. The molecule has 2 rings (SSSR count). The molecule has 1 aromatic carbocycles. The van der Waals surface area contributed by atoms with Crippen LogP contribution in [0, 0.1) is 6.92 Å². The average Bonchev–Trinajstić information content (AvgIpc) is 2.47. The van der Waals surface area contributed by atoms with Crippen molar-refractivity contribution < 1.29 is 0 Å². The van der Waals surface area contributed by atoms with Gasteiger partial charge in [0.15, 0.2) is 0 Å². The van der Waals surface area contributed by atoms with Gasteiger partial charge in [0, 0.05) is 12.4 Å². The van der Waals surface area contributed by atoms with E-state index in [4.69, 9.17) is 0 Å². The molecule has 0 bridgehead atoms. The Hall–Kier alpha value is -1.63. The highest BCUT2D eigenvalue weighted by Gasteiger charge is 2.05. The second-order valence-corrected chi connectivity index (χ2v) is 5.54. The molecule has 0 unspecified atom stereocenters. The first-order chi connectivity index (χ1) is 9.81. The third kappa shape index (κ3) is 4.19. The van der Waals surface area contributed by atoms with Crippen LogP contribution in [-0.4, -0.2) is 4.98 Å². The molecule has 1 heterocycles. The van der Waals surface area contributed by atoms with Gasteiger partial charge < -0.3 is 0 Å². The standard InChI is InChI=1S/C19H25N/c1-3-9-18-15-20-14-16(2)19(18)13-8-7-12-17-10-5-4-6-11-17/h4-6,10-11,14-15H,3,7-9,12-13H2,1-2H3. The summed E-state index contributed by atoms with van der Waals surface area (Å²) in [5.74, 6) is 0. The van der Waals surface area contributed by atoms with Gasteiger partial charge in [-0.25, -0.2) is 0 Å². The van der Waals surface area contributed by atoms with Crippen molar-refractivity contribution in [3.63, 3.8) is 0 Å². The first kappa shape index (κ1) is 14.8. The molecule has 106 valence electrons. The van der Waals surface area contributed by atoms with E-state index in [9.17, 15) is 0 Å². The Morgan fingerprint density at radius 1 is 0.900 bits per heavy atom. The predicted molar refractivity (Wildman–Crippen MR) is 86.1 cm³/mol. The van der Waals surface area contributed by atoms with Crippen LogP contribution in [0.2, 0.25) is 0 Å². The number of hydrogen-bond donors (Lipinski definition) is 0. The summed E-state index contributed by atoms with van der Waals surface area (Å²) < 4.78 is 0. The fourth-order valence-corrected chi connectivity index (χ4v) is 2.77. The van der Waals surface area contributed by atoms with E-state index >= 15 is 0 Å². The fourth-order valence-electron chi connectivity index (χ4n) is 2.77. The maximum absolute atomic E-state index is 4.34. The molecule has 1 aromatic heterocycles. The quantitative estimate of drug-likeness (QED) is 0.650. The van der Waals surface area contributed by atoms with Crippen molar-refractivity contribution in [3.05, 3.63) is 65.0 Å². The van der Waals surface area contributed by atoms with Crippen molar-refractivity contribution in [1.82, 2.24) is 4.98 Å². The van der Waals surface area contributed by atoms with Crippen LogP contribution in [0.5, 0.6) is 0 Å². The summed E-state index contributed by atoms with van der Waals surface area (Å²) in [6.45, 7) is 4.43. The minimum absolute atomic E-state index is 1.16. The van der Waals surface area contributed by atoms with E-state index in [0.29, 0.717) is 0 Å². The van der Waals surface area contributed by atoms with Crippen LogP contribution in [0.4, 0.5) is 0 Å². The van der Waals surface area contributed by atoms with Gasteiger partial charge in [0.25, 0.3) is 0 Å². The Bertz CT molecular complexity index is 517. The molecule has 20 heavy (non-hydrogen) atoms. The Morgan fingerprint density at radius 3 is 2.40 bits per heavy atom. The van der Waals surface area contributed by atoms with Crippen LogP contribution in [0.1, 0.15) is 48.4 Å². The van der Waals surface area contributed by atoms with Gasteiger partial charge in [0.2, 0.25) is 0 Å². The number of rotatable bonds is 7. The monoisotopic (exact) mass is 267 g/mol. The summed E-state index contributed by atoms with van der Waals surface area (Å²) in [7, 11) is 0. The number of benzene rings is 1. The highest BCUT2D eigenvalue weighted by Crippen LogP contribution is 2.18. The van der Waals surface area contributed by atoms with Crippen molar-refractivity contribution in [2.24, 2.45) is 0 Å². The molecule has 0 saturated carbocycles. The minimum atomic E-state index is 1.16. The summed E-state index contributed by atoms with van der Waals surface area (Å²) in [6.07, 6.45) is 11.3. The van der Waals surface area contributed by atoms with Crippen molar-refractivity contribution >= 4 is 0 Å².